The maximum absolute atomic E-state index is 13.7. The second kappa shape index (κ2) is 7.86. The van der Waals surface area contributed by atoms with E-state index in [9.17, 15) is 4.39 Å². The number of aryl methyl sites for hydroxylation is 1. The van der Waals surface area contributed by atoms with Gasteiger partial charge in [-0.05, 0) is 37.3 Å². The van der Waals surface area contributed by atoms with E-state index < -0.39 is 0 Å². The molecule has 5 aromatic rings. The van der Waals surface area contributed by atoms with Crippen molar-refractivity contribution in [2.24, 2.45) is 0 Å². The molecule has 0 bridgehead atoms. The molecule has 8 nitrogen and oxygen atoms in total. The molecule has 0 spiro atoms. The lowest BCUT2D eigenvalue weighted by atomic mass is 10.1. The molecule has 0 radical (unpaired) electrons. The zero-order valence-corrected chi connectivity index (χ0v) is 18.0. The molecule has 6 rings (SSSR count). The van der Waals surface area contributed by atoms with E-state index in [1.165, 1.54) is 11.8 Å². The molecule has 1 aliphatic rings. The van der Waals surface area contributed by atoms with Crippen LogP contribution in [0.15, 0.2) is 42.7 Å². The van der Waals surface area contributed by atoms with Crippen LogP contribution in [0.5, 0.6) is 0 Å². The van der Waals surface area contributed by atoms with Crippen molar-refractivity contribution in [1.82, 2.24) is 40.4 Å². The molecule has 33 heavy (non-hydrogen) atoms. The van der Waals surface area contributed by atoms with Crippen LogP contribution in [0.1, 0.15) is 17.1 Å². The third-order valence-electron chi connectivity index (χ3n) is 5.96. The molecular formula is C24H21FN8. The number of aromatic nitrogens is 7. The van der Waals surface area contributed by atoms with Crippen molar-refractivity contribution in [2.75, 3.05) is 13.1 Å². The van der Waals surface area contributed by atoms with Crippen molar-refractivity contribution in [3.8, 4) is 34.0 Å². The van der Waals surface area contributed by atoms with E-state index in [2.05, 4.69) is 30.5 Å². The minimum atomic E-state index is -0.339. The number of fused-ring (bicyclic) bond motifs is 2. The van der Waals surface area contributed by atoms with Crippen molar-refractivity contribution < 1.29 is 4.39 Å². The molecule has 9 heteroatoms. The fourth-order valence-electron chi connectivity index (χ4n) is 4.19. The predicted octanol–water partition coefficient (Wildman–Crippen LogP) is 3.61. The molecule has 0 aliphatic carbocycles. The first kappa shape index (κ1) is 19.7. The van der Waals surface area contributed by atoms with Crippen LogP contribution in [0.2, 0.25) is 0 Å². The van der Waals surface area contributed by atoms with Crippen LogP contribution in [0, 0.1) is 12.7 Å². The fourth-order valence-corrected chi connectivity index (χ4v) is 4.19. The van der Waals surface area contributed by atoms with Crippen molar-refractivity contribution in [2.45, 2.75) is 19.8 Å². The average molecular weight is 440 g/mol. The molecule has 5 aromatic heterocycles. The van der Waals surface area contributed by atoms with E-state index in [1.807, 2.05) is 24.4 Å². The summed E-state index contributed by atoms with van der Waals surface area (Å²) in [7, 11) is 0. The molecule has 0 fully saturated rings. The van der Waals surface area contributed by atoms with Gasteiger partial charge in [-0.3, -0.25) is 10.1 Å². The van der Waals surface area contributed by atoms with E-state index >= 15 is 0 Å². The molecule has 0 unspecified atom stereocenters. The van der Waals surface area contributed by atoms with Crippen molar-refractivity contribution in [3.05, 3.63) is 65.6 Å². The third-order valence-corrected chi connectivity index (χ3v) is 5.96. The second-order valence-corrected chi connectivity index (χ2v) is 8.14. The molecule has 1 aliphatic heterocycles. The van der Waals surface area contributed by atoms with Crippen molar-refractivity contribution >= 4 is 11.0 Å². The summed E-state index contributed by atoms with van der Waals surface area (Å²) in [6, 6.07) is 8.89. The number of nitrogens with one attached hydrogen (secondary N) is 3. The maximum Gasteiger partial charge on any atom is 0.144 e. The largest absolute Gasteiger partial charge is 0.342 e. The Hall–Kier alpha value is -3.98. The van der Waals surface area contributed by atoms with Crippen LogP contribution in [-0.4, -0.2) is 48.2 Å². The van der Waals surface area contributed by atoms with Gasteiger partial charge in [0.1, 0.15) is 11.6 Å². The van der Waals surface area contributed by atoms with Crippen molar-refractivity contribution in [1.29, 1.82) is 0 Å². The molecular weight excluding hydrogens is 419 g/mol. The number of nitrogens with zero attached hydrogens (tertiary/aromatic N) is 5. The summed E-state index contributed by atoms with van der Waals surface area (Å²) in [5, 5.41) is 10.5. The number of rotatable bonds is 3. The maximum atomic E-state index is 13.7. The zero-order chi connectivity index (χ0) is 22.4. The van der Waals surface area contributed by atoms with E-state index in [0.29, 0.717) is 17.1 Å². The number of aromatic amines is 2. The Labute approximate surface area is 188 Å². The lowest BCUT2D eigenvalue weighted by Gasteiger charge is -2.06. The van der Waals surface area contributed by atoms with Gasteiger partial charge in [-0.25, -0.2) is 19.3 Å². The number of H-pyrrole nitrogens is 2. The van der Waals surface area contributed by atoms with Crippen LogP contribution in [0.4, 0.5) is 4.39 Å². The third kappa shape index (κ3) is 3.56. The Morgan fingerprint density at radius 3 is 2.70 bits per heavy atom. The Morgan fingerprint density at radius 1 is 0.909 bits per heavy atom. The second-order valence-electron chi connectivity index (χ2n) is 8.14. The molecule has 6 heterocycles. The van der Waals surface area contributed by atoms with Gasteiger partial charge in [0, 0.05) is 48.9 Å². The van der Waals surface area contributed by atoms with Gasteiger partial charge >= 0.3 is 0 Å². The van der Waals surface area contributed by atoms with Gasteiger partial charge in [0.05, 0.1) is 45.7 Å². The number of imidazole rings is 1. The quantitative estimate of drug-likeness (QED) is 0.396. The Morgan fingerprint density at radius 2 is 1.79 bits per heavy atom. The SMILES string of the molecule is Cc1nc(-c2[nH]ncc2-c2ccc3ncc(-c4nc5c([nH]4)CCNCC5)cc3n2)ccc1F. The summed E-state index contributed by atoms with van der Waals surface area (Å²) < 4.78 is 13.7. The minimum Gasteiger partial charge on any atom is -0.342 e. The first-order valence-corrected chi connectivity index (χ1v) is 10.9. The highest BCUT2D eigenvalue weighted by Gasteiger charge is 2.17. The number of hydrogen-bond acceptors (Lipinski definition) is 6. The van der Waals surface area contributed by atoms with Gasteiger partial charge in [-0.1, -0.05) is 0 Å². The summed E-state index contributed by atoms with van der Waals surface area (Å²) in [5.74, 6) is 0.479. The highest BCUT2D eigenvalue weighted by Crippen LogP contribution is 2.30. The molecule has 0 atom stereocenters. The standard InChI is InChI=1S/C24H21FN8/c1-13-16(25)2-3-21(29-13)23-15(12-28-33-23)17-4-5-18-22(30-17)10-14(11-27-18)24-31-19-6-8-26-9-7-20(19)32-24/h2-5,10-12,26H,6-9H2,1H3,(H,28,33)(H,31,32). The first-order chi connectivity index (χ1) is 16.2. The van der Waals surface area contributed by atoms with Gasteiger partial charge in [0.15, 0.2) is 0 Å². The zero-order valence-electron chi connectivity index (χ0n) is 18.0. The number of hydrogen-bond donors (Lipinski definition) is 3. The van der Waals surface area contributed by atoms with Crippen LogP contribution >= 0.6 is 0 Å². The Balaban J connectivity index is 1.40. The van der Waals surface area contributed by atoms with E-state index in [1.54, 1.807) is 19.2 Å². The van der Waals surface area contributed by atoms with Crippen LogP contribution < -0.4 is 5.32 Å². The van der Waals surface area contributed by atoms with Crippen LogP contribution in [0.25, 0.3) is 45.1 Å². The van der Waals surface area contributed by atoms with Gasteiger partial charge < -0.3 is 10.3 Å². The smallest absolute Gasteiger partial charge is 0.144 e. The topological polar surface area (TPSA) is 108 Å². The van der Waals surface area contributed by atoms with Gasteiger partial charge in [0.2, 0.25) is 0 Å². The molecule has 164 valence electrons. The van der Waals surface area contributed by atoms with Gasteiger partial charge in [0.25, 0.3) is 0 Å². The molecule has 0 saturated heterocycles. The summed E-state index contributed by atoms with van der Waals surface area (Å²) in [5.41, 5.74) is 7.91. The van der Waals surface area contributed by atoms with Crippen molar-refractivity contribution in [3.63, 3.8) is 0 Å². The number of pyridine rings is 3. The highest BCUT2D eigenvalue weighted by atomic mass is 19.1. The van der Waals surface area contributed by atoms with Crippen LogP contribution in [-0.2, 0) is 12.8 Å². The van der Waals surface area contributed by atoms with Gasteiger partial charge in [-0.15, -0.1) is 0 Å². The minimum absolute atomic E-state index is 0.334. The summed E-state index contributed by atoms with van der Waals surface area (Å²) in [6.45, 7) is 3.53. The van der Waals surface area contributed by atoms with E-state index in [0.717, 1.165) is 65.3 Å². The Bertz CT molecular complexity index is 1460. The lowest BCUT2D eigenvalue weighted by molar-refractivity contribution is 0.610. The predicted molar refractivity (Wildman–Crippen MR) is 123 cm³/mol. The van der Waals surface area contributed by atoms with E-state index in [4.69, 9.17) is 9.97 Å². The average Bonchev–Trinajstić information content (AvgIpc) is 3.42. The number of halogens is 1. The molecule has 0 amide bonds. The lowest BCUT2D eigenvalue weighted by Crippen LogP contribution is -2.16. The van der Waals surface area contributed by atoms with Crippen LogP contribution in [0.3, 0.4) is 0 Å². The van der Waals surface area contributed by atoms with E-state index in [-0.39, 0.29) is 5.82 Å². The normalized spacial score (nSPS) is 13.8. The molecule has 3 N–H and O–H groups in total. The summed E-state index contributed by atoms with van der Waals surface area (Å²) >= 11 is 0. The highest BCUT2D eigenvalue weighted by molar-refractivity contribution is 5.84. The molecule has 0 saturated carbocycles. The van der Waals surface area contributed by atoms with Gasteiger partial charge in [-0.2, -0.15) is 5.10 Å². The summed E-state index contributed by atoms with van der Waals surface area (Å²) in [6.07, 6.45) is 5.38. The first-order valence-electron chi connectivity index (χ1n) is 10.9. The monoisotopic (exact) mass is 440 g/mol. The summed E-state index contributed by atoms with van der Waals surface area (Å²) in [4.78, 5) is 22.1. The molecule has 0 aromatic carbocycles. The Kier molecular flexibility index (Phi) is 4.69. The fraction of sp³-hybridized carbons (Fsp3) is 0.208.